The number of carboxylic acids is 1. The van der Waals surface area contributed by atoms with E-state index in [4.69, 9.17) is 5.11 Å². The summed E-state index contributed by atoms with van der Waals surface area (Å²) in [6.07, 6.45) is 0.288. The van der Waals surface area contributed by atoms with Crippen LogP contribution in [-0.4, -0.2) is 23.5 Å². The average Bonchev–Trinajstić information content (AvgIpc) is 2.43. The Bertz CT molecular complexity index is 444. The molecule has 1 aromatic carbocycles. The molecule has 1 aliphatic rings. The van der Waals surface area contributed by atoms with Crippen molar-refractivity contribution in [2.24, 2.45) is 0 Å². The van der Waals surface area contributed by atoms with E-state index in [0.717, 1.165) is 10.0 Å². The first-order valence-corrected chi connectivity index (χ1v) is 5.18. The standard InChI is InChI=1S/C10H8BrNO3/c11-7-2-1-6-3-9(13)12(5-10(14)15)8(6)4-7/h1-2,4H,3,5H2,(H,14,15). The Morgan fingerprint density at radius 1 is 1.53 bits per heavy atom. The van der Waals surface area contributed by atoms with Gasteiger partial charge in [-0.05, 0) is 17.7 Å². The van der Waals surface area contributed by atoms with Gasteiger partial charge in [-0.15, -0.1) is 0 Å². The number of carboxylic acid groups (broad SMARTS) is 1. The highest BCUT2D eigenvalue weighted by atomic mass is 79.9. The third-order valence-electron chi connectivity index (χ3n) is 2.27. The molecule has 0 aromatic heterocycles. The quantitative estimate of drug-likeness (QED) is 0.884. The van der Waals surface area contributed by atoms with Crippen LogP contribution >= 0.6 is 15.9 Å². The molecular weight excluding hydrogens is 262 g/mol. The molecule has 0 saturated heterocycles. The van der Waals surface area contributed by atoms with E-state index < -0.39 is 5.97 Å². The Kier molecular flexibility index (Phi) is 2.48. The minimum atomic E-state index is -1.00. The maximum atomic E-state index is 11.5. The molecule has 0 unspecified atom stereocenters. The van der Waals surface area contributed by atoms with Crippen LogP contribution in [0.2, 0.25) is 0 Å². The van der Waals surface area contributed by atoms with Gasteiger partial charge in [0.2, 0.25) is 5.91 Å². The normalized spacial score (nSPS) is 14.2. The summed E-state index contributed by atoms with van der Waals surface area (Å²) in [5, 5.41) is 8.68. The van der Waals surface area contributed by atoms with Crippen molar-refractivity contribution >= 4 is 33.5 Å². The molecule has 0 saturated carbocycles. The molecule has 5 heteroatoms. The summed E-state index contributed by atoms with van der Waals surface area (Å²) >= 11 is 3.29. The van der Waals surface area contributed by atoms with Crippen LogP contribution in [0.15, 0.2) is 22.7 Å². The van der Waals surface area contributed by atoms with Crippen molar-refractivity contribution in [3.63, 3.8) is 0 Å². The second-order valence-corrected chi connectivity index (χ2v) is 4.24. The molecule has 0 atom stereocenters. The van der Waals surface area contributed by atoms with Gasteiger partial charge in [-0.3, -0.25) is 9.59 Å². The Morgan fingerprint density at radius 3 is 2.93 bits per heavy atom. The molecule has 4 nitrogen and oxygen atoms in total. The maximum absolute atomic E-state index is 11.5. The largest absolute Gasteiger partial charge is 0.480 e. The van der Waals surface area contributed by atoms with Crippen LogP contribution in [0.25, 0.3) is 0 Å². The van der Waals surface area contributed by atoms with Crippen LogP contribution < -0.4 is 4.90 Å². The summed E-state index contributed by atoms with van der Waals surface area (Å²) in [6.45, 7) is -0.276. The van der Waals surface area contributed by atoms with Crippen molar-refractivity contribution in [1.29, 1.82) is 0 Å². The monoisotopic (exact) mass is 269 g/mol. The van der Waals surface area contributed by atoms with E-state index >= 15 is 0 Å². The van der Waals surface area contributed by atoms with Crippen molar-refractivity contribution in [2.75, 3.05) is 11.4 Å². The van der Waals surface area contributed by atoms with Gasteiger partial charge < -0.3 is 10.0 Å². The summed E-state index contributed by atoms with van der Waals surface area (Å²) in [4.78, 5) is 23.4. The van der Waals surface area contributed by atoms with Crippen molar-refractivity contribution in [2.45, 2.75) is 6.42 Å². The van der Waals surface area contributed by atoms with E-state index in [0.29, 0.717) is 5.69 Å². The van der Waals surface area contributed by atoms with E-state index in [1.165, 1.54) is 4.90 Å². The Morgan fingerprint density at radius 2 is 2.27 bits per heavy atom. The zero-order valence-corrected chi connectivity index (χ0v) is 9.32. The van der Waals surface area contributed by atoms with E-state index in [2.05, 4.69) is 15.9 Å². The first-order chi connectivity index (χ1) is 7.08. The summed E-state index contributed by atoms with van der Waals surface area (Å²) in [5.74, 6) is -1.17. The molecule has 2 rings (SSSR count). The second kappa shape index (κ2) is 3.66. The first kappa shape index (κ1) is 10.2. The average molecular weight is 270 g/mol. The molecule has 0 fully saturated rings. The minimum Gasteiger partial charge on any atom is -0.480 e. The smallest absolute Gasteiger partial charge is 0.323 e. The van der Waals surface area contributed by atoms with Gasteiger partial charge in [0.05, 0.1) is 6.42 Å². The van der Waals surface area contributed by atoms with Gasteiger partial charge in [-0.1, -0.05) is 22.0 Å². The fraction of sp³-hybridized carbons (Fsp3) is 0.200. The number of halogens is 1. The lowest BCUT2D eigenvalue weighted by atomic mass is 10.2. The first-order valence-electron chi connectivity index (χ1n) is 4.38. The Labute approximate surface area is 94.6 Å². The molecular formula is C10H8BrNO3. The molecule has 1 aliphatic heterocycles. The highest BCUT2D eigenvalue weighted by Crippen LogP contribution is 2.31. The van der Waals surface area contributed by atoms with Crippen LogP contribution in [0.4, 0.5) is 5.69 Å². The fourth-order valence-electron chi connectivity index (χ4n) is 1.64. The van der Waals surface area contributed by atoms with Gasteiger partial charge in [-0.25, -0.2) is 0 Å². The molecule has 1 aromatic rings. The molecule has 1 N–H and O–H groups in total. The number of carbonyl (C=O) groups is 2. The highest BCUT2D eigenvalue weighted by Gasteiger charge is 2.28. The Hall–Kier alpha value is -1.36. The van der Waals surface area contributed by atoms with Gasteiger partial charge >= 0.3 is 5.97 Å². The molecule has 0 spiro atoms. The molecule has 1 amide bonds. The lowest BCUT2D eigenvalue weighted by Crippen LogP contribution is -2.32. The molecule has 0 bridgehead atoms. The highest BCUT2D eigenvalue weighted by molar-refractivity contribution is 9.10. The van der Waals surface area contributed by atoms with Gasteiger partial charge in [0, 0.05) is 10.2 Å². The lowest BCUT2D eigenvalue weighted by molar-refractivity contribution is -0.136. The molecule has 0 radical (unpaired) electrons. The van der Waals surface area contributed by atoms with Gasteiger partial charge in [0.15, 0.2) is 0 Å². The lowest BCUT2D eigenvalue weighted by Gasteiger charge is -2.14. The number of fused-ring (bicyclic) bond motifs is 1. The van der Waals surface area contributed by atoms with Crippen LogP contribution in [0.3, 0.4) is 0 Å². The van der Waals surface area contributed by atoms with Crippen LogP contribution in [0, 0.1) is 0 Å². The summed E-state index contributed by atoms with van der Waals surface area (Å²) in [5.41, 5.74) is 1.57. The van der Waals surface area contributed by atoms with Gasteiger partial charge in [0.25, 0.3) is 0 Å². The molecule has 1 heterocycles. The zero-order chi connectivity index (χ0) is 11.0. The predicted molar refractivity (Wildman–Crippen MR) is 57.8 cm³/mol. The SMILES string of the molecule is O=C(O)CN1C(=O)Cc2ccc(Br)cc21. The predicted octanol–water partition coefficient (Wildman–Crippen LogP) is 1.42. The van der Waals surface area contributed by atoms with Crippen molar-refractivity contribution in [3.05, 3.63) is 28.2 Å². The van der Waals surface area contributed by atoms with Crippen LogP contribution in [-0.2, 0) is 16.0 Å². The van der Waals surface area contributed by atoms with Gasteiger partial charge in [0.1, 0.15) is 6.54 Å². The fourth-order valence-corrected chi connectivity index (χ4v) is 1.99. The topological polar surface area (TPSA) is 57.6 Å². The molecule has 78 valence electrons. The van der Waals surface area contributed by atoms with Crippen LogP contribution in [0.5, 0.6) is 0 Å². The third-order valence-corrected chi connectivity index (χ3v) is 2.77. The number of hydrogen-bond acceptors (Lipinski definition) is 2. The second-order valence-electron chi connectivity index (χ2n) is 3.32. The Balaban J connectivity index is 2.39. The van der Waals surface area contributed by atoms with E-state index in [1.807, 2.05) is 12.1 Å². The molecule has 15 heavy (non-hydrogen) atoms. The van der Waals surface area contributed by atoms with Gasteiger partial charge in [-0.2, -0.15) is 0 Å². The number of rotatable bonds is 2. The number of aliphatic carboxylic acids is 1. The number of anilines is 1. The number of carbonyl (C=O) groups excluding carboxylic acids is 1. The van der Waals surface area contributed by atoms with Crippen molar-refractivity contribution in [1.82, 2.24) is 0 Å². The minimum absolute atomic E-state index is 0.162. The number of benzene rings is 1. The maximum Gasteiger partial charge on any atom is 0.323 e. The van der Waals surface area contributed by atoms with E-state index in [1.54, 1.807) is 6.07 Å². The molecule has 0 aliphatic carbocycles. The third kappa shape index (κ3) is 1.87. The van der Waals surface area contributed by atoms with E-state index in [9.17, 15) is 9.59 Å². The summed E-state index contributed by atoms with van der Waals surface area (Å²) < 4.78 is 0.839. The summed E-state index contributed by atoms with van der Waals surface area (Å²) in [7, 11) is 0. The number of nitrogens with zero attached hydrogens (tertiary/aromatic N) is 1. The number of hydrogen-bond donors (Lipinski definition) is 1. The van der Waals surface area contributed by atoms with Crippen molar-refractivity contribution in [3.8, 4) is 0 Å². The van der Waals surface area contributed by atoms with E-state index in [-0.39, 0.29) is 18.9 Å². The van der Waals surface area contributed by atoms with Crippen LogP contribution in [0.1, 0.15) is 5.56 Å². The van der Waals surface area contributed by atoms with Crippen molar-refractivity contribution < 1.29 is 14.7 Å². The zero-order valence-electron chi connectivity index (χ0n) is 7.74. The number of amides is 1. The summed E-state index contributed by atoms with van der Waals surface area (Å²) in [6, 6.07) is 5.44.